The summed E-state index contributed by atoms with van der Waals surface area (Å²) in [5.41, 5.74) is 6.49. The molecule has 0 aromatic heterocycles. The third-order valence-electron chi connectivity index (χ3n) is 2.60. The Hall–Kier alpha value is -1.70. The zero-order chi connectivity index (χ0) is 13.6. The maximum absolute atomic E-state index is 11.8. The van der Waals surface area contributed by atoms with Crippen molar-refractivity contribution in [2.75, 3.05) is 0 Å². The molecule has 0 saturated carbocycles. The number of nitrogens with two attached hydrogens (primary N) is 1. The first-order chi connectivity index (χ1) is 8.50. The standard InChI is InChI=1S/C10H17N5O2S/c1-2-3-4-5-10(6-12-15-8(11)18)7(16)13-9(17)14-10/h6H,2-5H2,1H3,(H3,11,15,18)(H2,13,14,16,17)/b12-6-/t10-/m1/s1. The summed E-state index contributed by atoms with van der Waals surface area (Å²) in [5.74, 6) is -0.405. The van der Waals surface area contributed by atoms with Gasteiger partial charge in [-0.1, -0.05) is 26.2 Å². The number of rotatable bonds is 6. The molecule has 100 valence electrons. The minimum Gasteiger partial charge on any atom is -0.375 e. The Morgan fingerprint density at radius 3 is 2.78 bits per heavy atom. The highest BCUT2D eigenvalue weighted by atomic mass is 32.1. The molecule has 0 aromatic carbocycles. The average molecular weight is 271 g/mol. The van der Waals surface area contributed by atoms with Gasteiger partial charge < -0.3 is 11.1 Å². The number of carbonyl (C=O) groups is 2. The van der Waals surface area contributed by atoms with Gasteiger partial charge in [0.15, 0.2) is 10.7 Å². The van der Waals surface area contributed by atoms with Gasteiger partial charge >= 0.3 is 6.03 Å². The Morgan fingerprint density at radius 2 is 2.28 bits per heavy atom. The quantitative estimate of drug-likeness (QED) is 0.178. The summed E-state index contributed by atoms with van der Waals surface area (Å²) in [4.78, 5) is 23.0. The molecule has 8 heteroatoms. The van der Waals surface area contributed by atoms with Crippen LogP contribution in [0.5, 0.6) is 0 Å². The number of unbranched alkanes of at least 4 members (excludes halogenated alkanes) is 2. The molecule has 0 aromatic rings. The van der Waals surface area contributed by atoms with Crippen molar-refractivity contribution in [1.82, 2.24) is 16.1 Å². The number of urea groups is 1. The van der Waals surface area contributed by atoms with Crippen LogP contribution in [0.15, 0.2) is 5.10 Å². The topological polar surface area (TPSA) is 109 Å². The molecule has 0 radical (unpaired) electrons. The first-order valence-corrected chi connectivity index (χ1v) is 6.14. The van der Waals surface area contributed by atoms with E-state index in [0.717, 1.165) is 19.3 Å². The summed E-state index contributed by atoms with van der Waals surface area (Å²) in [5, 5.41) is 8.55. The second-order valence-electron chi connectivity index (χ2n) is 4.07. The summed E-state index contributed by atoms with van der Waals surface area (Å²) >= 11 is 4.60. The van der Waals surface area contributed by atoms with E-state index in [2.05, 4.69) is 40.3 Å². The monoisotopic (exact) mass is 271 g/mol. The van der Waals surface area contributed by atoms with Crippen LogP contribution < -0.4 is 21.8 Å². The van der Waals surface area contributed by atoms with Gasteiger partial charge in [-0.3, -0.25) is 15.5 Å². The van der Waals surface area contributed by atoms with Crippen LogP contribution in [0.2, 0.25) is 0 Å². The van der Waals surface area contributed by atoms with Crippen molar-refractivity contribution in [3.05, 3.63) is 0 Å². The van der Waals surface area contributed by atoms with Crippen LogP contribution in [0, 0.1) is 0 Å². The lowest BCUT2D eigenvalue weighted by atomic mass is 9.94. The highest BCUT2D eigenvalue weighted by molar-refractivity contribution is 7.80. The molecular weight excluding hydrogens is 254 g/mol. The van der Waals surface area contributed by atoms with Crippen LogP contribution in [0.1, 0.15) is 32.6 Å². The fourth-order valence-corrected chi connectivity index (χ4v) is 1.75. The summed E-state index contributed by atoms with van der Waals surface area (Å²) in [6.07, 6.45) is 4.63. The van der Waals surface area contributed by atoms with E-state index >= 15 is 0 Å². The number of nitrogens with one attached hydrogen (secondary N) is 3. The van der Waals surface area contributed by atoms with E-state index in [9.17, 15) is 9.59 Å². The molecule has 0 bridgehead atoms. The van der Waals surface area contributed by atoms with Gasteiger partial charge in [0.05, 0.1) is 6.21 Å². The number of carbonyl (C=O) groups excluding carboxylic acids is 2. The zero-order valence-corrected chi connectivity index (χ0v) is 11.0. The molecule has 1 heterocycles. The Kier molecular flexibility index (Phi) is 5.02. The summed E-state index contributed by atoms with van der Waals surface area (Å²) < 4.78 is 0. The van der Waals surface area contributed by atoms with E-state index in [1.54, 1.807) is 0 Å². The van der Waals surface area contributed by atoms with Crippen LogP contribution in [0.3, 0.4) is 0 Å². The molecule has 1 rings (SSSR count). The van der Waals surface area contributed by atoms with Crippen LogP contribution in [-0.2, 0) is 4.79 Å². The van der Waals surface area contributed by atoms with E-state index in [-0.39, 0.29) is 5.11 Å². The Morgan fingerprint density at radius 1 is 1.56 bits per heavy atom. The maximum atomic E-state index is 11.8. The largest absolute Gasteiger partial charge is 0.375 e. The normalized spacial score (nSPS) is 22.9. The Labute approximate surface area is 111 Å². The number of hydrogen-bond donors (Lipinski definition) is 4. The summed E-state index contributed by atoms with van der Waals surface area (Å²) in [6.45, 7) is 2.06. The molecule has 1 aliphatic heterocycles. The van der Waals surface area contributed by atoms with Crippen molar-refractivity contribution >= 4 is 35.5 Å². The van der Waals surface area contributed by atoms with E-state index in [1.807, 2.05) is 0 Å². The first kappa shape index (κ1) is 14.4. The molecule has 1 fully saturated rings. The van der Waals surface area contributed by atoms with Gasteiger partial charge in [-0.05, 0) is 18.6 Å². The Balaban J connectivity index is 2.74. The van der Waals surface area contributed by atoms with E-state index in [0.29, 0.717) is 6.42 Å². The summed E-state index contributed by atoms with van der Waals surface area (Å²) in [7, 11) is 0. The van der Waals surface area contributed by atoms with Crippen LogP contribution in [0.4, 0.5) is 4.79 Å². The van der Waals surface area contributed by atoms with Crippen molar-refractivity contribution in [2.45, 2.75) is 38.1 Å². The number of imide groups is 1. The summed E-state index contributed by atoms with van der Waals surface area (Å²) in [6, 6.07) is -0.515. The zero-order valence-electron chi connectivity index (χ0n) is 10.2. The van der Waals surface area contributed by atoms with Gasteiger partial charge in [0.25, 0.3) is 5.91 Å². The number of hydrazone groups is 1. The second-order valence-corrected chi connectivity index (χ2v) is 4.51. The molecule has 1 aliphatic rings. The van der Waals surface area contributed by atoms with Gasteiger partial charge in [-0.25, -0.2) is 4.79 Å². The highest BCUT2D eigenvalue weighted by Gasteiger charge is 2.44. The predicted octanol–water partition coefficient (Wildman–Crippen LogP) is -0.0361. The number of thiocarbonyl (C=S) groups is 1. The minimum absolute atomic E-state index is 0.000287. The first-order valence-electron chi connectivity index (χ1n) is 5.73. The molecule has 3 amide bonds. The molecule has 0 unspecified atom stereocenters. The SMILES string of the molecule is CCCCC[C@]1(/C=N\NC(N)=S)NC(=O)NC1=O. The lowest BCUT2D eigenvalue weighted by molar-refractivity contribution is -0.121. The van der Waals surface area contributed by atoms with Crippen molar-refractivity contribution in [3.8, 4) is 0 Å². The third kappa shape index (κ3) is 3.66. The molecule has 1 saturated heterocycles. The molecule has 1 atom stereocenters. The minimum atomic E-state index is -1.11. The second kappa shape index (κ2) is 6.29. The van der Waals surface area contributed by atoms with E-state index in [1.165, 1.54) is 6.21 Å². The average Bonchev–Trinajstić information content (AvgIpc) is 2.54. The van der Waals surface area contributed by atoms with Crippen molar-refractivity contribution in [3.63, 3.8) is 0 Å². The van der Waals surface area contributed by atoms with Gasteiger partial charge in [0, 0.05) is 0 Å². The molecule has 5 N–H and O–H groups in total. The number of nitrogens with zero attached hydrogens (tertiary/aromatic N) is 1. The maximum Gasteiger partial charge on any atom is 0.322 e. The van der Waals surface area contributed by atoms with Crippen LogP contribution in [-0.4, -0.2) is 28.8 Å². The van der Waals surface area contributed by atoms with Crippen LogP contribution in [0.25, 0.3) is 0 Å². The molecular formula is C10H17N5O2S. The molecule has 7 nitrogen and oxygen atoms in total. The van der Waals surface area contributed by atoms with Crippen molar-refractivity contribution in [1.29, 1.82) is 0 Å². The van der Waals surface area contributed by atoms with Gasteiger partial charge in [-0.15, -0.1) is 0 Å². The van der Waals surface area contributed by atoms with Gasteiger partial charge in [0.1, 0.15) is 0 Å². The molecule has 18 heavy (non-hydrogen) atoms. The van der Waals surface area contributed by atoms with Crippen LogP contribution >= 0.6 is 12.2 Å². The van der Waals surface area contributed by atoms with E-state index < -0.39 is 17.5 Å². The Bertz CT molecular complexity index is 384. The third-order valence-corrected chi connectivity index (χ3v) is 2.69. The smallest absolute Gasteiger partial charge is 0.322 e. The van der Waals surface area contributed by atoms with Gasteiger partial charge in [-0.2, -0.15) is 5.10 Å². The van der Waals surface area contributed by atoms with Crippen molar-refractivity contribution < 1.29 is 9.59 Å². The molecule has 0 aliphatic carbocycles. The predicted molar refractivity (Wildman–Crippen MR) is 72.0 cm³/mol. The lowest BCUT2D eigenvalue weighted by Crippen LogP contribution is -2.49. The number of amides is 3. The molecule has 0 spiro atoms. The van der Waals surface area contributed by atoms with Crippen molar-refractivity contribution in [2.24, 2.45) is 10.8 Å². The lowest BCUT2D eigenvalue weighted by Gasteiger charge is -2.20. The highest BCUT2D eigenvalue weighted by Crippen LogP contribution is 2.17. The van der Waals surface area contributed by atoms with E-state index in [4.69, 9.17) is 5.73 Å². The number of hydrogen-bond acceptors (Lipinski definition) is 4. The fraction of sp³-hybridized carbons (Fsp3) is 0.600. The fourth-order valence-electron chi connectivity index (χ4n) is 1.70. The van der Waals surface area contributed by atoms with Gasteiger partial charge in [0.2, 0.25) is 0 Å².